The molecule has 124 valence electrons. The van der Waals surface area contributed by atoms with Crippen LogP contribution in [-0.2, 0) is 29.1 Å². The van der Waals surface area contributed by atoms with Crippen LogP contribution in [0.1, 0.15) is 18.1 Å². The third-order valence-corrected chi connectivity index (χ3v) is 5.71. The lowest BCUT2D eigenvalue weighted by atomic mass is 10.0. The van der Waals surface area contributed by atoms with Gasteiger partial charge in [-0.2, -0.15) is 5.10 Å². The number of hydrogen-bond acceptors (Lipinski definition) is 3. The highest BCUT2D eigenvalue weighted by Gasteiger charge is 2.16. The van der Waals surface area contributed by atoms with Crippen molar-refractivity contribution in [2.24, 2.45) is 7.05 Å². The van der Waals surface area contributed by atoms with Crippen LogP contribution in [0.3, 0.4) is 0 Å². The summed E-state index contributed by atoms with van der Waals surface area (Å²) in [6.45, 7) is 2.09. The Labute approximate surface area is 142 Å². The van der Waals surface area contributed by atoms with Gasteiger partial charge in [-0.05, 0) is 41.8 Å². The van der Waals surface area contributed by atoms with Gasteiger partial charge >= 0.3 is 0 Å². The first-order valence-electron chi connectivity index (χ1n) is 7.89. The number of nitrogens with zero attached hydrogens (tertiary/aromatic N) is 2. The Balaban J connectivity index is 1.98. The molecule has 0 atom stereocenters. The van der Waals surface area contributed by atoms with Gasteiger partial charge in [-0.15, -0.1) is 0 Å². The van der Waals surface area contributed by atoms with Gasteiger partial charge in [-0.1, -0.05) is 37.3 Å². The lowest BCUT2D eigenvalue weighted by Crippen LogP contribution is -2.05. The van der Waals surface area contributed by atoms with Gasteiger partial charge in [0.1, 0.15) is 0 Å². The highest BCUT2D eigenvalue weighted by Crippen LogP contribution is 2.26. The van der Waals surface area contributed by atoms with Gasteiger partial charge in [-0.25, -0.2) is 8.42 Å². The maximum Gasteiger partial charge on any atom is 0.182 e. The maximum absolute atomic E-state index is 12.6. The Kier molecular flexibility index (Phi) is 4.53. The van der Waals surface area contributed by atoms with Gasteiger partial charge in [0, 0.05) is 18.8 Å². The lowest BCUT2D eigenvalue weighted by molar-refractivity contribution is 0.595. The second-order valence-electron chi connectivity index (χ2n) is 5.79. The van der Waals surface area contributed by atoms with E-state index in [2.05, 4.69) is 12.0 Å². The SMILES string of the molecule is CCc1ccc(CS(=O)(=O)c2ccccc2)cc1-c1ccn(C)n1. The van der Waals surface area contributed by atoms with Crippen LogP contribution in [0.2, 0.25) is 0 Å². The van der Waals surface area contributed by atoms with Crippen LogP contribution in [0.5, 0.6) is 0 Å². The first kappa shape index (κ1) is 16.5. The van der Waals surface area contributed by atoms with E-state index in [1.54, 1.807) is 28.9 Å². The van der Waals surface area contributed by atoms with E-state index < -0.39 is 9.84 Å². The predicted octanol–water partition coefficient (Wildman–Crippen LogP) is 3.62. The molecule has 5 heteroatoms. The molecular weight excluding hydrogens is 320 g/mol. The fraction of sp³-hybridized carbons (Fsp3) is 0.211. The summed E-state index contributed by atoms with van der Waals surface area (Å²) in [7, 11) is -1.48. The topological polar surface area (TPSA) is 52.0 Å². The van der Waals surface area contributed by atoms with Crippen LogP contribution in [-0.4, -0.2) is 18.2 Å². The fourth-order valence-corrected chi connectivity index (χ4v) is 4.11. The predicted molar refractivity (Wildman–Crippen MR) is 95.4 cm³/mol. The molecule has 0 saturated heterocycles. The van der Waals surface area contributed by atoms with Crippen LogP contribution in [0, 0.1) is 0 Å². The molecule has 0 aliphatic carbocycles. The van der Waals surface area contributed by atoms with E-state index >= 15 is 0 Å². The molecule has 0 radical (unpaired) electrons. The summed E-state index contributed by atoms with van der Waals surface area (Å²) in [5.41, 5.74) is 3.80. The van der Waals surface area contributed by atoms with Crippen molar-refractivity contribution in [2.75, 3.05) is 0 Å². The molecule has 3 aromatic rings. The molecular formula is C19H20N2O2S. The zero-order valence-corrected chi connectivity index (χ0v) is 14.6. The van der Waals surface area contributed by atoms with Crippen molar-refractivity contribution >= 4 is 9.84 Å². The van der Waals surface area contributed by atoms with Crippen molar-refractivity contribution in [3.8, 4) is 11.3 Å². The number of benzene rings is 2. The third-order valence-electron chi connectivity index (χ3n) is 4.00. The van der Waals surface area contributed by atoms with Crippen molar-refractivity contribution in [3.63, 3.8) is 0 Å². The van der Waals surface area contributed by atoms with Gasteiger partial charge < -0.3 is 0 Å². The van der Waals surface area contributed by atoms with E-state index in [0.29, 0.717) is 4.90 Å². The minimum Gasteiger partial charge on any atom is -0.275 e. The molecule has 0 unspecified atom stereocenters. The Morgan fingerprint density at radius 1 is 1.04 bits per heavy atom. The molecule has 1 heterocycles. The van der Waals surface area contributed by atoms with Gasteiger partial charge in [0.05, 0.1) is 16.3 Å². The van der Waals surface area contributed by atoms with E-state index in [4.69, 9.17) is 0 Å². The van der Waals surface area contributed by atoms with E-state index in [0.717, 1.165) is 28.8 Å². The average Bonchev–Trinajstić information content (AvgIpc) is 3.01. The molecule has 1 aromatic heterocycles. The van der Waals surface area contributed by atoms with E-state index in [-0.39, 0.29) is 5.75 Å². The lowest BCUT2D eigenvalue weighted by Gasteiger charge is -2.10. The van der Waals surface area contributed by atoms with Crippen molar-refractivity contribution in [2.45, 2.75) is 24.0 Å². The van der Waals surface area contributed by atoms with Crippen LogP contribution < -0.4 is 0 Å². The van der Waals surface area contributed by atoms with Crippen LogP contribution in [0.15, 0.2) is 65.7 Å². The van der Waals surface area contributed by atoms with Crippen molar-refractivity contribution in [1.29, 1.82) is 0 Å². The molecule has 0 spiro atoms. The standard InChI is InChI=1S/C19H20N2O2S/c1-3-16-10-9-15(13-18(16)19-11-12-21(2)20-19)14-24(22,23)17-7-5-4-6-8-17/h4-13H,3,14H2,1-2H3. The first-order chi connectivity index (χ1) is 11.5. The van der Waals surface area contributed by atoms with Gasteiger partial charge in [0.2, 0.25) is 0 Å². The maximum atomic E-state index is 12.6. The Hall–Kier alpha value is -2.40. The third kappa shape index (κ3) is 3.41. The molecule has 0 N–H and O–H groups in total. The van der Waals surface area contributed by atoms with Gasteiger partial charge in [-0.3, -0.25) is 4.68 Å². The fourth-order valence-electron chi connectivity index (χ4n) is 2.75. The van der Waals surface area contributed by atoms with Crippen LogP contribution in [0.4, 0.5) is 0 Å². The Morgan fingerprint density at radius 2 is 1.79 bits per heavy atom. The van der Waals surface area contributed by atoms with E-state index in [1.807, 2.05) is 43.6 Å². The van der Waals surface area contributed by atoms with Crippen molar-refractivity contribution in [1.82, 2.24) is 9.78 Å². The number of rotatable bonds is 5. The minimum absolute atomic E-state index is 0.0131. The second kappa shape index (κ2) is 6.61. The molecule has 0 amide bonds. The molecule has 3 rings (SSSR count). The monoisotopic (exact) mass is 340 g/mol. The first-order valence-corrected chi connectivity index (χ1v) is 9.54. The van der Waals surface area contributed by atoms with E-state index in [9.17, 15) is 8.42 Å². The van der Waals surface area contributed by atoms with E-state index in [1.165, 1.54) is 0 Å². The molecule has 0 fully saturated rings. The van der Waals surface area contributed by atoms with Crippen LogP contribution >= 0.6 is 0 Å². The van der Waals surface area contributed by atoms with Crippen molar-refractivity contribution in [3.05, 3.63) is 71.9 Å². The smallest absolute Gasteiger partial charge is 0.182 e. The molecule has 0 saturated carbocycles. The minimum atomic E-state index is -3.35. The largest absolute Gasteiger partial charge is 0.275 e. The number of aryl methyl sites for hydroxylation is 2. The summed E-state index contributed by atoms with van der Waals surface area (Å²) in [6, 6.07) is 16.4. The van der Waals surface area contributed by atoms with Gasteiger partial charge in [0.25, 0.3) is 0 Å². The summed E-state index contributed by atoms with van der Waals surface area (Å²) >= 11 is 0. The average molecular weight is 340 g/mol. The number of sulfone groups is 1. The summed E-state index contributed by atoms with van der Waals surface area (Å²) in [5.74, 6) is -0.0131. The van der Waals surface area contributed by atoms with Crippen molar-refractivity contribution < 1.29 is 8.42 Å². The Bertz CT molecular complexity index is 945. The number of hydrogen-bond donors (Lipinski definition) is 0. The highest BCUT2D eigenvalue weighted by molar-refractivity contribution is 7.90. The number of aromatic nitrogens is 2. The van der Waals surface area contributed by atoms with Crippen LogP contribution in [0.25, 0.3) is 11.3 Å². The molecule has 4 nitrogen and oxygen atoms in total. The normalized spacial score (nSPS) is 11.6. The summed E-state index contributed by atoms with van der Waals surface area (Å²) in [4.78, 5) is 0.351. The zero-order valence-electron chi connectivity index (χ0n) is 13.8. The molecule has 0 bridgehead atoms. The highest BCUT2D eigenvalue weighted by atomic mass is 32.2. The zero-order chi connectivity index (χ0) is 17.2. The van der Waals surface area contributed by atoms with Gasteiger partial charge in [0.15, 0.2) is 9.84 Å². The quantitative estimate of drug-likeness (QED) is 0.713. The second-order valence-corrected chi connectivity index (χ2v) is 7.78. The summed E-state index contributed by atoms with van der Waals surface area (Å²) in [6.07, 6.45) is 2.76. The summed E-state index contributed by atoms with van der Waals surface area (Å²) < 4.78 is 26.9. The molecule has 0 aliphatic rings. The molecule has 24 heavy (non-hydrogen) atoms. The molecule has 0 aliphatic heterocycles. The molecule has 2 aromatic carbocycles. The Morgan fingerprint density at radius 3 is 2.42 bits per heavy atom. The summed E-state index contributed by atoms with van der Waals surface area (Å²) in [5, 5.41) is 4.45.